The van der Waals surface area contributed by atoms with Crippen molar-refractivity contribution in [3.8, 4) is 5.75 Å². The van der Waals surface area contributed by atoms with E-state index in [1.54, 1.807) is 30.2 Å². The van der Waals surface area contributed by atoms with Gasteiger partial charge >= 0.3 is 0 Å². The minimum atomic E-state index is -0.372. The fourth-order valence-electron chi connectivity index (χ4n) is 3.72. The van der Waals surface area contributed by atoms with Gasteiger partial charge in [-0.1, -0.05) is 12.1 Å². The highest BCUT2D eigenvalue weighted by molar-refractivity contribution is 6.00. The van der Waals surface area contributed by atoms with Crippen molar-refractivity contribution in [2.75, 3.05) is 18.6 Å². The molecule has 0 radical (unpaired) electrons. The number of benzene rings is 2. The van der Waals surface area contributed by atoms with Crippen molar-refractivity contribution >= 4 is 17.5 Å². The Morgan fingerprint density at radius 1 is 1.21 bits per heavy atom. The normalized spacial score (nSPS) is 19.0. The van der Waals surface area contributed by atoms with E-state index in [2.05, 4.69) is 0 Å². The Kier molecular flexibility index (Phi) is 5.03. The van der Waals surface area contributed by atoms with Crippen LogP contribution in [-0.4, -0.2) is 36.4 Å². The quantitative estimate of drug-likeness (QED) is 0.770. The molecule has 6 heteroatoms. The van der Waals surface area contributed by atoms with E-state index in [0.29, 0.717) is 13.1 Å². The molecule has 0 aromatic heterocycles. The zero-order valence-corrected chi connectivity index (χ0v) is 15.8. The van der Waals surface area contributed by atoms with Crippen LogP contribution < -0.4 is 9.64 Å². The van der Waals surface area contributed by atoms with Crippen LogP contribution in [0.1, 0.15) is 24.8 Å². The molecule has 2 amide bonds. The highest BCUT2D eigenvalue weighted by atomic mass is 19.1. The van der Waals surface area contributed by atoms with Gasteiger partial charge in [0.1, 0.15) is 11.6 Å². The lowest BCUT2D eigenvalue weighted by Gasteiger charge is -2.26. The van der Waals surface area contributed by atoms with Crippen molar-refractivity contribution in [2.24, 2.45) is 5.92 Å². The molecule has 2 aliphatic rings. The molecule has 0 spiro atoms. The third-order valence-electron chi connectivity index (χ3n) is 5.37. The number of halogens is 1. The van der Waals surface area contributed by atoms with Crippen molar-refractivity contribution < 1.29 is 18.7 Å². The summed E-state index contributed by atoms with van der Waals surface area (Å²) in [6.07, 6.45) is 2.13. The van der Waals surface area contributed by atoms with Crippen LogP contribution in [0.25, 0.3) is 0 Å². The topological polar surface area (TPSA) is 49.9 Å². The zero-order chi connectivity index (χ0) is 19.7. The van der Waals surface area contributed by atoms with Gasteiger partial charge in [0.2, 0.25) is 11.8 Å². The smallest absolute Gasteiger partial charge is 0.228 e. The van der Waals surface area contributed by atoms with E-state index in [9.17, 15) is 14.0 Å². The average Bonchev–Trinajstić information content (AvgIpc) is 3.47. The van der Waals surface area contributed by atoms with Gasteiger partial charge in [0.25, 0.3) is 0 Å². The van der Waals surface area contributed by atoms with Crippen LogP contribution in [0, 0.1) is 11.7 Å². The first-order valence-electron chi connectivity index (χ1n) is 9.54. The number of ether oxygens (including phenoxy) is 1. The zero-order valence-electron chi connectivity index (χ0n) is 15.8. The molecular formula is C22H23FN2O3. The van der Waals surface area contributed by atoms with Gasteiger partial charge in [-0.25, -0.2) is 4.39 Å². The van der Waals surface area contributed by atoms with E-state index < -0.39 is 0 Å². The van der Waals surface area contributed by atoms with E-state index in [-0.39, 0.29) is 36.0 Å². The minimum Gasteiger partial charge on any atom is -0.497 e. The van der Waals surface area contributed by atoms with Crippen molar-refractivity contribution in [3.05, 3.63) is 59.9 Å². The van der Waals surface area contributed by atoms with E-state index in [0.717, 1.165) is 29.8 Å². The van der Waals surface area contributed by atoms with Crippen LogP contribution in [0.15, 0.2) is 48.5 Å². The molecule has 1 atom stereocenters. The first kappa shape index (κ1) is 18.5. The summed E-state index contributed by atoms with van der Waals surface area (Å²) in [5.41, 5.74) is 1.54. The Labute approximate surface area is 163 Å². The van der Waals surface area contributed by atoms with Crippen LogP contribution in [0.5, 0.6) is 5.75 Å². The molecule has 1 heterocycles. The molecule has 2 fully saturated rings. The SMILES string of the molecule is COc1ccc(N2CC(C(=O)N(Cc3cccc(F)c3)C3CC3)CC2=O)cc1. The number of rotatable bonds is 6. The molecule has 1 saturated carbocycles. The van der Waals surface area contributed by atoms with Crippen LogP contribution in [0.3, 0.4) is 0 Å². The van der Waals surface area contributed by atoms with Crippen LogP contribution in [0.4, 0.5) is 10.1 Å². The largest absolute Gasteiger partial charge is 0.497 e. The maximum atomic E-state index is 13.5. The van der Waals surface area contributed by atoms with Gasteiger partial charge in [0, 0.05) is 31.2 Å². The molecule has 146 valence electrons. The maximum Gasteiger partial charge on any atom is 0.228 e. The molecule has 1 aliphatic heterocycles. The Bertz CT molecular complexity index is 880. The highest BCUT2D eigenvalue weighted by Crippen LogP contribution is 2.33. The molecule has 5 nitrogen and oxygen atoms in total. The number of methoxy groups -OCH3 is 1. The number of nitrogens with zero attached hydrogens (tertiary/aromatic N) is 2. The van der Waals surface area contributed by atoms with E-state index >= 15 is 0 Å². The Balaban J connectivity index is 1.47. The monoisotopic (exact) mass is 382 g/mol. The molecule has 4 rings (SSSR count). The Morgan fingerprint density at radius 2 is 1.96 bits per heavy atom. The fraction of sp³-hybridized carbons (Fsp3) is 0.364. The third-order valence-corrected chi connectivity index (χ3v) is 5.37. The van der Waals surface area contributed by atoms with Crippen molar-refractivity contribution in [1.82, 2.24) is 4.90 Å². The molecule has 2 aromatic rings. The number of hydrogen-bond acceptors (Lipinski definition) is 3. The summed E-state index contributed by atoms with van der Waals surface area (Å²) in [6, 6.07) is 13.8. The minimum absolute atomic E-state index is 0.0175. The summed E-state index contributed by atoms with van der Waals surface area (Å²) >= 11 is 0. The molecule has 2 aromatic carbocycles. The van der Waals surface area contributed by atoms with Gasteiger partial charge in [-0.3, -0.25) is 9.59 Å². The average molecular weight is 382 g/mol. The predicted molar refractivity (Wildman–Crippen MR) is 103 cm³/mol. The van der Waals surface area contributed by atoms with Gasteiger partial charge in [0.05, 0.1) is 13.0 Å². The summed E-state index contributed by atoms with van der Waals surface area (Å²) in [7, 11) is 1.59. The van der Waals surface area contributed by atoms with Gasteiger partial charge in [-0.05, 0) is 54.8 Å². The molecule has 1 unspecified atom stereocenters. The molecule has 1 saturated heterocycles. The van der Waals surface area contributed by atoms with Crippen LogP contribution in [0.2, 0.25) is 0 Å². The third kappa shape index (κ3) is 3.86. The molecule has 0 bridgehead atoms. The maximum absolute atomic E-state index is 13.5. The van der Waals surface area contributed by atoms with Gasteiger partial charge in [0.15, 0.2) is 0 Å². The number of carbonyl (C=O) groups is 2. The predicted octanol–water partition coefficient (Wildman–Crippen LogP) is 3.38. The highest BCUT2D eigenvalue weighted by Gasteiger charge is 2.41. The summed E-state index contributed by atoms with van der Waals surface area (Å²) < 4.78 is 18.7. The molecule has 0 N–H and O–H groups in total. The second-order valence-corrected chi connectivity index (χ2v) is 7.43. The van der Waals surface area contributed by atoms with Crippen molar-refractivity contribution in [3.63, 3.8) is 0 Å². The first-order valence-corrected chi connectivity index (χ1v) is 9.54. The van der Waals surface area contributed by atoms with E-state index in [4.69, 9.17) is 4.74 Å². The number of anilines is 1. The summed E-state index contributed by atoms with van der Waals surface area (Å²) in [5.74, 6) is -0.0228. The summed E-state index contributed by atoms with van der Waals surface area (Å²) in [5, 5.41) is 0. The lowest BCUT2D eigenvalue weighted by atomic mass is 10.1. The van der Waals surface area contributed by atoms with Crippen LogP contribution >= 0.6 is 0 Å². The van der Waals surface area contributed by atoms with E-state index in [1.807, 2.05) is 23.1 Å². The second kappa shape index (κ2) is 7.62. The molecule has 1 aliphatic carbocycles. The van der Waals surface area contributed by atoms with E-state index in [1.165, 1.54) is 12.1 Å². The van der Waals surface area contributed by atoms with Crippen LogP contribution in [-0.2, 0) is 16.1 Å². The lowest BCUT2D eigenvalue weighted by molar-refractivity contribution is -0.137. The number of amides is 2. The van der Waals surface area contributed by atoms with Gasteiger partial charge in [-0.15, -0.1) is 0 Å². The molecule has 28 heavy (non-hydrogen) atoms. The van der Waals surface area contributed by atoms with Crippen molar-refractivity contribution in [1.29, 1.82) is 0 Å². The first-order chi connectivity index (χ1) is 13.5. The second-order valence-electron chi connectivity index (χ2n) is 7.43. The molecular weight excluding hydrogens is 359 g/mol. The Hall–Kier alpha value is -2.89. The van der Waals surface area contributed by atoms with Gasteiger partial charge < -0.3 is 14.5 Å². The number of carbonyl (C=O) groups excluding carboxylic acids is 2. The summed E-state index contributed by atoms with van der Waals surface area (Å²) in [4.78, 5) is 29.2. The standard InChI is InChI=1S/C22H23FN2O3/c1-28-20-9-7-18(8-10-20)24-14-16(12-21(24)26)22(27)25(19-5-6-19)13-15-3-2-4-17(23)11-15/h2-4,7-11,16,19H,5-6,12-14H2,1H3. The van der Waals surface area contributed by atoms with Crippen molar-refractivity contribution in [2.45, 2.75) is 31.8 Å². The fourth-order valence-corrected chi connectivity index (χ4v) is 3.72. The summed E-state index contributed by atoms with van der Waals surface area (Å²) in [6.45, 7) is 0.755. The number of hydrogen-bond donors (Lipinski definition) is 0. The Morgan fingerprint density at radius 3 is 2.61 bits per heavy atom. The van der Waals surface area contributed by atoms with Gasteiger partial charge in [-0.2, -0.15) is 0 Å². The lowest BCUT2D eigenvalue weighted by Crippen LogP contribution is -2.38.